The van der Waals surface area contributed by atoms with Gasteiger partial charge >= 0.3 is 0 Å². The molecule has 2 aromatic heterocycles. The second-order valence-corrected chi connectivity index (χ2v) is 7.90. The van der Waals surface area contributed by atoms with Gasteiger partial charge in [-0.25, -0.2) is 0 Å². The number of rotatable bonds is 5. The van der Waals surface area contributed by atoms with E-state index in [0.717, 1.165) is 16.7 Å². The zero-order valence-corrected chi connectivity index (χ0v) is 18.0. The van der Waals surface area contributed by atoms with Crippen molar-refractivity contribution in [2.75, 3.05) is 26.2 Å². The van der Waals surface area contributed by atoms with Crippen LogP contribution in [0.5, 0.6) is 5.75 Å². The Hall–Kier alpha value is -3.74. The topological polar surface area (TPSA) is 86.6 Å². The van der Waals surface area contributed by atoms with E-state index in [4.69, 9.17) is 0 Å². The van der Waals surface area contributed by atoms with Crippen LogP contribution in [-0.2, 0) is 11.2 Å². The third kappa shape index (κ3) is 4.61. The molecule has 3 heterocycles. The fourth-order valence-corrected chi connectivity index (χ4v) is 4.19. The molecule has 0 radical (unpaired) electrons. The van der Waals surface area contributed by atoms with Crippen molar-refractivity contribution in [2.45, 2.75) is 13.3 Å². The van der Waals surface area contributed by atoms with E-state index in [1.165, 1.54) is 18.5 Å². The summed E-state index contributed by atoms with van der Waals surface area (Å²) in [5.41, 5.74) is 3.39. The SMILES string of the molecule is CCN1CCN(C(=O)c2cncc(O)c2)C[C@H](Cc2ccccc2-c2cccnc2)C1=O. The molecule has 1 N–H and O–H groups in total. The van der Waals surface area contributed by atoms with E-state index in [1.54, 1.807) is 11.1 Å². The van der Waals surface area contributed by atoms with Crippen molar-refractivity contribution in [2.24, 2.45) is 5.92 Å². The molecule has 164 valence electrons. The molecule has 3 aromatic rings. The molecule has 32 heavy (non-hydrogen) atoms. The standard InChI is InChI=1S/C25H26N4O3/c1-2-28-10-11-29(24(31)20-13-22(30)16-27-15-20)17-21(25(28)32)12-18-6-3-4-8-23(18)19-7-5-9-26-14-19/h3-9,13-16,21,30H,2,10-12,17H2,1H3/t21-/m0/s1. The van der Waals surface area contributed by atoms with Crippen LogP contribution in [0.4, 0.5) is 0 Å². The van der Waals surface area contributed by atoms with Gasteiger partial charge in [0.05, 0.1) is 17.7 Å². The highest BCUT2D eigenvalue weighted by molar-refractivity contribution is 5.95. The number of benzene rings is 1. The van der Waals surface area contributed by atoms with Crippen LogP contribution in [0.15, 0.2) is 67.3 Å². The zero-order chi connectivity index (χ0) is 22.5. The summed E-state index contributed by atoms with van der Waals surface area (Å²) in [4.78, 5) is 38.1. The van der Waals surface area contributed by atoms with Gasteiger partial charge in [-0.3, -0.25) is 19.6 Å². The van der Waals surface area contributed by atoms with Gasteiger partial charge in [-0.1, -0.05) is 30.3 Å². The molecule has 1 saturated heterocycles. The average molecular weight is 431 g/mol. The first-order valence-corrected chi connectivity index (χ1v) is 10.8. The molecule has 1 aliphatic rings. The maximum atomic E-state index is 13.3. The summed E-state index contributed by atoms with van der Waals surface area (Å²) >= 11 is 0. The molecule has 0 bridgehead atoms. The minimum atomic E-state index is -0.371. The minimum absolute atomic E-state index is 0.0535. The summed E-state index contributed by atoms with van der Waals surface area (Å²) in [5.74, 6) is -0.606. The van der Waals surface area contributed by atoms with E-state index in [-0.39, 0.29) is 23.5 Å². The fraction of sp³-hybridized carbons (Fsp3) is 0.280. The molecule has 4 rings (SSSR count). The van der Waals surface area contributed by atoms with E-state index in [0.29, 0.717) is 38.2 Å². The van der Waals surface area contributed by atoms with Crippen molar-refractivity contribution < 1.29 is 14.7 Å². The van der Waals surface area contributed by atoms with E-state index in [2.05, 4.69) is 9.97 Å². The molecule has 1 aromatic carbocycles. The van der Waals surface area contributed by atoms with E-state index in [1.807, 2.05) is 54.4 Å². The largest absolute Gasteiger partial charge is 0.506 e. The molecule has 1 fully saturated rings. The monoisotopic (exact) mass is 430 g/mol. The number of carbonyl (C=O) groups excluding carboxylic acids is 2. The summed E-state index contributed by atoms with van der Waals surface area (Å²) in [6.07, 6.45) is 6.80. The van der Waals surface area contributed by atoms with Crippen LogP contribution >= 0.6 is 0 Å². The summed E-state index contributed by atoms with van der Waals surface area (Å²) in [6.45, 7) is 3.78. The first-order chi connectivity index (χ1) is 15.6. The molecular formula is C25H26N4O3. The van der Waals surface area contributed by atoms with Crippen LogP contribution in [-0.4, -0.2) is 62.9 Å². The van der Waals surface area contributed by atoms with Crippen LogP contribution in [0.2, 0.25) is 0 Å². The van der Waals surface area contributed by atoms with Gasteiger partial charge in [0.25, 0.3) is 5.91 Å². The number of carbonyl (C=O) groups is 2. The molecule has 0 spiro atoms. The van der Waals surface area contributed by atoms with Crippen molar-refractivity contribution in [3.63, 3.8) is 0 Å². The second-order valence-electron chi connectivity index (χ2n) is 7.90. The molecule has 7 heteroatoms. The average Bonchev–Trinajstić information content (AvgIpc) is 2.98. The number of aromatic hydroxyl groups is 1. The third-order valence-corrected chi connectivity index (χ3v) is 5.84. The first kappa shape index (κ1) is 21.5. The lowest BCUT2D eigenvalue weighted by molar-refractivity contribution is -0.134. The molecule has 1 atom stereocenters. The number of amides is 2. The number of aromatic nitrogens is 2. The van der Waals surface area contributed by atoms with Gasteiger partial charge in [0, 0.05) is 50.3 Å². The number of likely N-dealkylation sites (N-methyl/N-ethyl adjacent to an activating group) is 1. The Labute approximate surface area is 187 Å². The van der Waals surface area contributed by atoms with Gasteiger partial charge in [-0.15, -0.1) is 0 Å². The maximum absolute atomic E-state index is 13.3. The molecule has 2 amide bonds. The third-order valence-electron chi connectivity index (χ3n) is 5.84. The number of hydrogen-bond donors (Lipinski definition) is 1. The van der Waals surface area contributed by atoms with E-state index in [9.17, 15) is 14.7 Å². The highest BCUT2D eigenvalue weighted by Gasteiger charge is 2.32. The van der Waals surface area contributed by atoms with E-state index < -0.39 is 0 Å². The van der Waals surface area contributed by atoms with Gasteiger partial charge in [-0.05, 0) is 36.6 Å². The van der Waals surface area contributed by atoms with E-state index >= 15 is 0 Å². The van der Waals surface area contributed by atoms with Crippen molar-refractivity contribution in [3.05, 3.63) is 78.4 Å². The number of nitrogens with zero attached hydrogens (tertiary/aromatic N) is 4. The Kier molecular flexibility index (Phi) is 6.44. The summed E-state index contributed by atoms with van der Waals surface area (Å²) in [6, 6.07) is 13.3. The molecule has 0 saturated carbocycles. The lowest BCUT2D eigenvalue weighted by Gasteiger charge is -2.24. The quantitative estimate of drug-likeness (QED) is 0.672. The van der Waals surface area contributed by atoms with Crippen molar-refractivity contribution in [3.8, 4) is 16.9 Å². The van der Waals surface area contributed by atoms with Gasteiger partial charge < -0.3 is 14.9 Å². The highest BCUT2D eigenvalue weighted by Crippen LogP contribution is 2.27. The summed E-state index contributed by atoms with van der Waals surface area (Å²) in [5, 5.41) is 9.72. The smallest absolute Gasteiger partial charge is 0.255 e. The predicted octanol–water partition coefficient (Wildman–Crippen LogP) is 3.01. The molecular weight excluding hydrogens is 404 g/mol. The first-order valence-electron chi connectivity index (χ1n) is 10.8. The molecule has 1 aliphatic heterocycles. The van der Waals surface area contributed by atoms with Crippen LogP contribution in [0.1, 0.15) is 22.8 Å². The highest BCUT2D eigenvalue weighted by atomic mass is 16.3. The zero-order valence-electron chi connectivity index (χ0n) is 18.0. The maximum Gasteiger partial charge on any atom is 0.255 e. The number of hydrogen-bond acceptors (Lipinski definition) is 5. The van der Waals surface area contributed by atoms with Crippen molar-refractivity contribution >= 4 is 11.8 Å². The second kappa shape index (κ2) is 9.60. The normalized spacial score (nSPS) is 16.7. The summed E-state index contributed by atoms with van der Waals surface area (Å²) < 4.78 is 0. The Morgan fingerprint density at radius 2 is 1.94 bits per heavy atom. The Balaban J connectivity index is 1.63. The van der Waals surface area contributed by atoms with Crippen LogP contribution in [0, 0.1) is 5.92 Å². The Morgan fingerprint density at radius 1 is 1.09 bits per heavy atom. The lowest BCUT2D eigenvalue weighted by Crippen LogP contribution is -2.38. The van der Waals surface area contributed by atoms with Crippen LogP contribution in [0.3, 0.4) is 0 Å². The van der Waals surface area contributed by atoms with Crippen molar-refractivity contribution in [1.82, 2.24) is 19.8 Å². The number of pyridine rings is 2. The Bertz CT molecular complexity index is 1100. The van der Waals surface area contributed by atoms with Gasteiger partial charge in [-0.2, -0.15) is 0 Å². The van der Waals surface area contributed by atoms with Gasteiger partial charge in [0.2, 0.25) is 5.91 Å². The molecule has 0 aliphatic carbocycles. The van der Waals surface area contributed by atoms with Gasteiger partial charge in [0.1, 0.15) is 5.75 Å². The predicted molar refractivity (Wildman–Crippen MR) is 121 cm³/mol. The van der Waals surface area contributed by atoms with Crippen molar-refractivity contribution in [1.29, 1.82) is 0 Å². The Morgan fingerprint density at radius 3 is 2.69 bits per heavy atom. The fourth-order valence-electron chi connectivity index (χ4n) is 4.19. The molecule has 7 nitrogen and oxygen atoms in total. The van der Waals surface area contributed by atoms with Gasteiger partial charge in [0.15, 0.2) is 0 Å². The van der Waals surface area contributed by atoms with Crippen LogP contribution < -0.4 is 0 Å². The summed E-state index contributed by atoms with van der Waals surface area (Å²) in [7, 11) is 0. The minimum Gasteiger partial charge on any atom is -0.506 e. The lowest BCUT2D eigenvalue weighted by atomic mass is 9.91. The van der Waals surface area contributed by atoms with Crippen LogP contribution in [0.25, 0.3) is 11.1 Å². The molecule has 0 unspecified atom stereocenters.